The molecule has 0 aliphatic heterocycles. The zero-order chi connectivity index (χ0) is 15.9. The van der Waals surface area contributed by atoms with Crippen LogP contribution in [0.5, 0.6) is 5.75 Å². The van der Waals surface area contributed by atoms with Crippen molar-refractivity contribution in [1.29, 1.82) is 0 Å². The molecule has 0 atom stereocenters. The van der Waals surface area contributed by atoms with E-state index in [4.69, 9.17) is 12.2 Å². The third-order valence-corrected chi connectivity index (χ3v) is 4.16. The van der Waals surface area contributed by atoms with Gasteiger partial charge in [0.05, 0.1) is 15.2 Å². The van der Waals surface area contributed by atoms with Gasteiger partial charge in [-0.2, -0.15) is 5.10 Å². The van der Waals surface area contributed by atoms with Gasteiger partial charge >= 0.3 is 0 Å². The Labute approximate surface area is 150 Å². The van der Waals surface area contributed by atoms with E-state index >= 15 is 0 Å². The molecule has 7 heteroatoms. The van der Waals surface area contributed by atoms with Crippen molar-refractivity contribution in [2.75, 3.05) is 0 Å². The number of aromatic hydroxyl groups is 1. The number of nitrogens with zero attached hydrogens (tertiary/aromatic N) is 1. The fourth-order valence-corrected chi connectivity index (χ4v) is 2.99. The Morgan fingerprint density at radius 1 is 1.18 bits per heavy atom. The minimum atomic E-state index is 0.158. The van der Waals surface area contributed by atoms with Gasteiger partial charge in [0.25, 0.3) is 0 Å². The lowest BCUT2D eigenvalue weighted by molar-refractivity contribution is 0.468. The Morgan fingerprint density at radius 2 is 1.82 bits per heavy atom. The lowest BCUT2D eigenvalue weighted by Crippen LogP contribution is -2.31. The third-order valence-electron chi connectivity index (χ3n) is 2.71. The molecule has 0 unspecified atom stereocenters. The van der Waals surface area contributed by atoms with Crippen LogP contribution in [-0.4, -0.2) is 16.4 Å². The number of benzene rings is 2. The van der Waals surface area contributed by atoms with Gasteiger partial charge in [-0.05, 0) is 67.3 Å². The molecule has 0 radical (unpaired) electrons. The van der Waals surface area contributed by atoms with Gasteiger partial charge in [-0.3, -0.25) is 5.43 Å². The summed E-state index contributed by atoms with van der Waals surface area (Å²) in [7, 11) is 0. The summed E-state index contributed by atoms with van der Waals surface area (Å²) in [6.45, 7) is 0.637. The molecule has 0 saturated heterocycles. The fraction of sp³-hybridized carbons (Fsp3) is 0.0667. The molecule has 0 saturated carbocycles. The van der Waals surface area contributed by atoms with E-state index in [2.05, 4.69) is 47.7 Å². The number of hydrogen-bond acceptors (Lipinski definition) is 3. The molecule has 0 aliphatic carbocycles. The van der Waals surface area contributed by atoms with E-state index < -0.39 is 0 Å². The molecule has 0 bridgehead atoms. The normalized spacial score (nSPS) is 10.6. The summed E-state index contributed by atoms with van der Waals surface area (Å²) in [6, 6.07) is 13.5. The molecule has 0 spiro atoms. The molecular weight excluding hydrogens is 430 g/mol. The van der Waals surface area contributed by atoms with Gasteiger partial charge in [0.1, 0.15) is 5.75 Å². The molecule has 0 amide bonds. The predicted molar refractivity (Wildman–Crippen MR) is 100 cm³/mol. The zero-order valence-corrected chi connectivity index (χ0v) is 15.4. The van der Waals surface area contributed by atoms with Crippen LogP contribution in [0.25, 0.3) is 0 Å². The van der Waals surface area contributed by atoms with Crippen LogP contribution in [0.4, 0.5) is 0 Å². The fourth-order valence-electron chi connectivity index (χ4n) is 1.64. The first-order chi connectivity index (χ1) is 10.6. The number of hydrazone groups is 1. The molecule has 114 valence electrons. The molecule has 0 heterocycles. The van der Waals surface area contributed by atoms with Gasteiger partial charge in [0.2, 0.25) is 0 Å². The second kappa shape index (κ2) is 8.26. The highest BCUT2D eigenvalue weighted by atomic mass is 79.9. The quantitative estimate of drug-likeness (QED) is 0.381. The minimum absolute atomic E-state index is 0.158. The van der Waals surface area contributed by atoms with Crippen molar-refractivity contribution in [2.24, 2.45) is 5.10 Å². The van der Waals surface area contributed by atoms with Crippen molar-refractivity contribution in [3.63, 3.8) is 0 Å². The first-order valence-corrected chi connectivity index (χ1v) is 8.34. The monoisotopic (exact) mass is 441 g/mol. The van der Waals surface area contributed by atoms with E-state index in [0.29, 0.717) is 20.6 Å². The lowest BCUT2D eigenvalue weighted by Gasteiger charge is -2.07. The van der Waals surface area contributed by atoms with Crippen LogP contribution in [0.1, 0.15) is 11.1 Å². The number of halogens is 2. The summed E-state index contributed by atoms with van der Waals surface area (Å²) in [6.07, 6.45) is 1.62. The van der Waals surface area contributed by atoms with Crippen molar-refractivity contribution >= 4 is 55.4 Å². The summed E-state index contributed by atoms with van der Waals surface area (Å²) in [5, 5.41) is 17.2. The Bertz CT molecular complexity index is 669. The van der Waals surface area contributed by atoms with Crippen molar-refractivity contribution < 1.29 is 5.11 Å². The summed E-state index contributed by atoms with van der Waals surface area (Å²) >= 11 is 11.7. The molecule has 2 rings (SSSR count). The van der Waals surface area contributed by atoms with E-state index in [1.165, 1.54) is 0 Å². The van der Waals surface area contributed by atoms with Crippen LogP contribution < -0.4 is 10.7 Å². The molecule has 3 N–H and O–H groups in total. The number of thiocarbonyl (C=S) groups is 1. The topological polar surface area (TPSA) is 56.7 Å². The van der Waals surface area contributed by atoms with Gasteiger partial charge in [-0.1, -0.05) is 30.3 Å². The van der Waals surface area contributed by atoms with Gasteiger partial charge in [-0.15, -0.1) is 0 Å². The third kappa shape index (κ3) is 5.08. The zero-order valence-electron chi connectivity index (χ0n) is 11.4. The first kappa shape index (κ1) is 16.9. The Balaban J connectivity index is 1.85. The lowest BCUT2D eigenvalue weighted by atomic mass is 10.2. The molecular formula is C15H13Br2N3OS. The summed E-state index contributed by atoms with van der Waals surface area (Å²) in [5.41, 5.74) is 4.71. The average Bonchev–Trinajstić information content (AvgIpc) is 2.51. The van der Waals surface area contributed by atoms with E-state index in [1.54, 1.807) is 18.3 Å². The molecule has 22 heavy (non-hydrogen) atoms. The highest BCUT2D eigenvalue weighted by molar-refractivity contribution is 9.11. The standard InChI is InChI=1S/C15H13Br2N3OS/c16-12-6-11(7-13(17)14(12)21)9-19-20-15(22)18-8-10-4-2-1-3-5-10/h1-7,9,21H,8H2,(H2,18,20,22)/b19-9+. The maximum absolute atomic E-state index is 9.64. The van der Waals surface area contributed by atoms with Crippen LogP contribution in [-0.2, 0) is 6.54 Å². The summed E-state index contributed by atoms with van der Waals surface area (Å²) < 4.78 is 1.18. The molecule has 0 aliphatic rings. The van der Waals surface area contributed by atoms with Gasteiger partial charge < -0.3 is 10.4 Å². The highest BCUT2D eigenvalue weighted by Gasteiger charge is 2.04. The second-order valence-electron chi connectivity index (χ2n) is 4.37. The van der Waals surface area contributed by atoms with E-state index in [0.717, 1.165) is 11.1 Å². The van der Waals surface area contributed by atoms with Crippen molar-refractivity contribution in [3.05, 3.63) is 62.5 Å². The Morgan fingerprint density at radius 3 is 2.45 bits per heavy atom. The molecule has 2 aromatic rings. The van der Waals surface area contributed by atoms with Crippen LogP contribution in [0, 0.1) is 0 Å². The number of phenolic OH excluding ortho intramolecular Hbond substituents is 1. The van der Waals surface area contributed by atoms with Crippen LogP contribution in [0.3, 0.4) is 0 Å². The van der Waals surface area contributed by atoms with Crippen LogP contribution >= 0.6 is 44.1 Å². The van der Waals surface area contributed by atoms with Crippen molar-refractivity contribution in [2.45, 2.75) is 6.54 Å². The molecule has 0 fully saturated rings. The average molecular weight is 443 g/mol. The largest absolute Gasteiger partial charge is 0.506 e. The Hall–Kier alpha value is -1.44. The van der Waals surface area contributed by atoms with Gasteiger partial charge in [0.15, 0.2) is 5.11 Å². The number of rotatable bonds is 4. The molecule has 2 aromatic carbocycles. The van der Waals surface area contributed by atoms with Crippen molar-refractivity contribution in [3.8, 4) is 5.75 Å². The SMILES string of the molecule is Oc1c(Br)cc(/C=N/NC(=S)NCc2ccccc2)cc1Br. The number of nitrogens with one attached hydrogen (secondary N) is 2. The maximum atomic E-state index is 9.64. The molecule has 4 nitrogen and oxygen atoms in total. The van der Waals surface area contributed by atoms with E-state index in [9.17, 15) is 5.11 Å². The van der Waals surface area contributed by atoms with E-state index in [1.807, 2.05) is 30.3 Å². The summed E-state index contributed by atoms with van der Waals surface area (Å²) in [5.74, 6) is 0.158. The number of hydrogen-bond donors (Lipinski definition) is 3. The second-order valence-corrected chi connectivity index (χ2v) is 6.49. The van der Waals surface area contributed by atoms with Crippen molar-refractivity contribution in [1.82, 2.24) is 10.7 Å². The number of phenols is 1. The summed E-state index contributed by atoms with van der Waals surface area (Å²) in [4.78, 5) is 0. The smallest absolute Gasteiger partial charge is 0.187 e. The van der Waals surface area contributed by atoms with Gasteiger partial charge in [-0.25, -0.2) is 0 Å². The Kier molecular flexibility index (Phi) is 6.35. The highest BCUT2D eigenvalue weighted by Crippen LogP contribution is 2.32. The van der Waals surface area contributed by atoms with Crippen LogP contribution in [0.15, 0.2) is 56.5 Å². The minimum Gasteiger partial charge on any atom is -0.506 e. The predicted octanol–water partition coefficient (Wildman–Crippen LogP) is 3.92. The first-order valence-electron chi connectivity index (χ1n) is 6.35. The maximum Gasteiger partial charge on any atom is 0.187 e. The molecule has 0 aromatic heterocycles. The van der Waals surface area contributed by atoms with Crippen LogP contribution in [0.2, 0.25) is 0 Å². The van der Waals surface area contributed by atoms with E-state index in [-0.39, 0.29) is 5.75 Å². The van der Waals surface area contributed by atoms with Gasteiger partial charge in [0, 0.05) is 6.54 Å².